The van der Waals surface area contributed by atoms with E-state index < -0.39 is 9.84 Å². The van der Waals surface area contributed by atoms with Gasteiger partial charge in [0, 0.05) is 26.0 Å². The van der Waals surface area contributed by atoms with Crippen molar-refractivity contribution in [3.63, 3.8) is 0 Å². The van der Waals surface area contributed by atoms with Gasteiger partial charge in [0.05, 0.1) is 5.75 Å². The zero-order valence-corrected chi connectivity index (χ0v) is 7.73. The Bertz CT molecular complexity index is 188. The Kier molecular flexibility index (Phi) is 4.63. The molecule has 0 radical (unpaired) electrons. The van der Waals surface area contributed by atoms with Crippen LogP contribution in [-0.4, -0.2) is 40.2 Å². The molecule has 0 aromatic rings. The van der Waals surface area contributed by atoms with Crippen LogP contribution in [0.1, 0.15) is 6.42 Å². The van der Waals surface area contributed by atoms with Crippen LogP contribution in [0.25, 0.3) is 0 Å². The number of hydrogen-bond donors (Lipinski definition) is 1. The summed E-state index contributed by atoms with van der Waals surface area (Å²) in [7, 11) is -1.37. The molecular formula is C6H15NO3S. The second kappa shape index (κ2) is 4.69. The van der Waals surface area contributed by atoms with Crippen LogP contribution < -0.4 is 5.73 Å². The van der Waals surface area contributed by atoms with Gasteiger partial charge >= 0.3 is 0 Å². The highest BCUT2D eigenvalue weighted by Gasteiger charge is 2.09. The Labute approximate surface area is 67.6 Å². The highest BCUT2D eigenvalue weighted by atomic mass is 32.2. The maximum absolute atomic E-state index is 10.7. The normalized spacial score (nSPS) is 14.8. The number of rotatable bonds is 5. The van der Waals surface area contributed by atoms with Crippen molar-refractivity contribution in [3.8, 4) is 0 Å². The molecule has 1 atom stereocenters. The first kappa shape index (κ1) is 10.9. The third-order valence-electron chi connectivity index (χ3n) is 1.21. The molecule has 5 heteroatoms. The first-order chi connectivity index (χ1) is 4.95. The van der Waals surface area contributed by atoms with Gasteiger partial charge in [0.15, 0.2) is 0 Å². The van der Waals surface area contributed by atoms with Gasteiger partial charge in [0.2, 0.25) is 0 Å². The second-order valence-electron chi connectivity index (χ2n) is 2.63. The average Bonchev–Trinajstić information content (AvgIpc) is 1.79. The van der Waals surface area contributed by atoms with Crippen LogP contribution in [0, 0.1) is 0 Å². The van der Waals surface area contributed by atoms with Crippen LogP contribution in [0.15, 0.2) is 0 Å². The first-order valence-electron chi connectivity index (χ1n) is 3.38. The Morgan fingerprint density at radius 1 is 1.55 bits per heavy atom. The van der Waals surface area contributed by atoms with Gasteiger partial charge in [-0.3, -0.25) is 0 Å². The summed E-state index contributed by atoms with van der Waals surface area (Å²) in [5, 5.41) is 0. The number of sulfone groups is 1. The first-order valence-corrected chi connectivity index (χ1v) is 5.44. The van der Waals surface area contributed by atoms with Crippen LogP contribution >= 0.6 is 0 Å². The van der Waals surface area contributed by atoms with Crippen molar-refractivity contribution < 1.29 is 13.2 Å². The lowest BCUT2D eigenvalue weighted by Crippen LogP contribution is -2.30. The maximum atomic E-state index is 10.7. The van der Waals surface area contributed by atoms with E-state index in [1.807, 2.05) is 0 Å². The van der Waals surface area contributed by atoms with Gasteiger partial charge in [-0.05, 0) is 6.42 Å². The van der Waals surface area contributed by atoms with Crippen molar-refractivity contribution in [1.29, 1.82) is 0 Å². The van der Waals surface area contributed by atoms with Crippen LogP contribution in [0.5, 0.6) is 0 Å². The van der Waals surface area contributed by atoms with Gasteiger partial charge in [-0.25, -0.2) is 8.42 Å². The van der Waals surface area contributed by atoms with Crippen LogP contribution in [0.3, 0.4) is 0 Å². The van der Waals surface area contributed by atoms with Crippen LogP contribution in [0.2, 0.25) is 0 Å². The van der Waals surface area contributed by atoms with E-state index in [-0.39, 0.29) is 11.8 Å². The van der Waals surface area contributed by atoms with Crippen molar-refractivity contribution >= 4 is 9.84 Å². The van der Waals surface area contributed by atoms with Gasteiger partial charge in [0.1, 0.15) is 9.84 Å². The summed E-state index contributed by atoms with van der Waals surface area (Å²) < 4.78 is 26.1. The third kappa shape index (κ3) is 7.77. The minimum absolute atomic E-state index is 0.0381. The number of methoxy groups -OCH3 is 1. The van der Waals surface area contributed by atoms with E-state index in [1.54, 1.807) is 7.11 Å². The molecule has 0 fully saturated rings. The lowest BCUT2D eigenvalue weighted by Gasteiger charge is -2.08. The largest absolute Gasteiger partial charge is 0.385 e. The third-order valence-corrected chi connectivity index (χ3v) is 2.24. The molecule has 0 amide bonds. The standard InChI is InChI=1S/C6H15NO3S/c1-10-4-3-6(7)5-11(2,8)9/h6H,3-5,7H2,1-2H3. The molecule has 0 heterocycles. The quantitative estimate of drug-likeness (QED) is 0.614. The Balaban J connectivity index is 3.61. The van der Waals surface area contributed by atoms with Gasteiger partial charge in [-0.2, -0.15) is 0 Å². The van der Waals surface area contributed by atoms with Crippen molar-refractivity contribution in [1.82, 2.24) is 0 Å². The second-order valence-corrected chi connectivity index (χ2v) is 4.82. The van der Waals surface area contributed by atoms with E-state index in [0.717, 1.165) is 0 Å². The topological polar surface area (TPSA) is 69.4 Å². The number of ether oxygens (including phenoxy) is 1. The summed E-state index contributed by atoms with van der Waals surface area (Å²) in [6, 6.07) is -0.301. The summed E-state index contributed by atoms with van der Waals surface area (Å²) in [6.07, 6.45) is 1.77. The summed E-state index contributed by atoms with van der Waals surface area (Å²) in [5.74, 6) is 0.0381. The fourth-order valence-electron chi connectivity index (χ4n) is 0.741. The Morgan fingerprint density at radius 2 is 2.09 bits per heavy atom. The predicted octanol–water partition coefficient (Wildman–Crippen LogP) is -0.605. The van der Waals surface area contributed by atoms with Crippen LogP contribution in [-0.2, 0) is 14.6 Å². The molecule has 0 aliphatic rings. The molecule has 0 spiro atoms. The molecule has 0 aromatic heterocycles. The Hall–Kier alpha value is -0.130. The van der Waals surface area contributed by atoms with Crippen molar-refractivity contribution in [2.75, 3.05) is 25.7 Å². The molecular weight excluding hydrogens is 166 g/mol. The van der Waals surface area contributed by atoms with E-state index >= 15 is 0 Å². The predicted molar refractivity (Wildman–Crippen MR) is 44.2 cm³/mol. The van der Waals surface area contributed by atoms with Gasteiger partial charge in [-0.15, -0.1) is 0 Å². The highest BCUT2D eigenvalue weighted by molar-refractivity contribution is 7.90. The maximum Gasteiger partial charge on any atom is 0.148 e. The molecule has 0 aliphatic heterocycles. The van der Waals surface area contributed by atoms with E-state index in [1.165, 1.54) is 6.26 Å². The summed E-state index contributed by atoms with van der Waals surface area (Å²) >= 11 is 0. The van der Waals surface area contributed by atoms with Crippen molar-refractivity contribution in [2.24, 2.45) is 5.73 Å². The average molecular weight is 181 g/mol. The molecule has 1 unspecified atom stereocenters. The molecule has 0 aliphatic carbocycles. The smallest absolute Gasteiger partial charge is 0.148 e. The number of nitrogens with two attached hydrogens (primary N) is 1. The van der Waals surface area contributed by atoms with Crippen molar-refractivity contribution in [2.45, 2.75) is 12.5 Å². The fourth-order valence-corrected chi connectivity index (χ4v) is 1.69. The minimum atomic E-state index is -2.93. The summed E-state index contributed by atoms with van der Waals surface area (Å²) in [5.41, 5.74) is 5.49. The van der Waals surface area contributed by atoms with Crippen LogP contribution in [0.4, 0.5) is 0 Å². The zero-order chi connectivity index (χ0) is 8.91. The molecule has 68 valence electrons. The van der Waals surface area contributed by atoms with Gasteiger partial charge in [0.25, 0.3) is 0 Å². The summed E-state index contributed by atoms with van der Waals surface area (Å²) in [6.45, 7) is 0.511. The van der Waals surface area contributed by atoms with E-state index in [0.29, 0.717) is 13.0 Å². The van der Waals surface area contributed by atoms with Gasteiger partial charge < -0.3 is 10.5 Å². The monoisotopic (exact) mass is 181 g/mol. The highest BCUT2D eigenvalue weighted by Crippen LogP contribution is 1.93. The van der Waals surface area contributed by atoms with E-state index in [9.17, 15) is 8.42 Å². The molecule has 11 heavy (non-hydrogen) atoms. The summed E-state index contributed by atoms with van der Waals surface area (Å²) in [4.78, 5) is 0. The molecule has 0 rings (SSSR count). The number of hydrogen-bond acceptors (Lipinski definition) is 4. The molecule has 0 saturated carbocycles. The van der Waals surface area contributed by atoms with Gasteiger partial charge in [-0.1, -0.05) is 0 Å². The molecule has 4 nitrogen and oxygen atoms in total. The molecule has 0 saturated heterocycles. The fraction of sp³-hybridized carbons (Fsp3) is 1.00. The SMILES string of the molecule is COCCC(N)CS(C)(=O)=O. The minimum Gasteiger partial charge on any atom is -0.385 e. The van der Waals surface area contributed by atoms with Crippen molar-refractivity contribution in [3.05, 3.63) is 0 Å². The lowest BCUT2D eigenvalue weighted by molar-refractivity contribution is 0.190. The molecule has 2 N–H and O–H groups in total. The molecule has 0 bridgehead atoms. The molecule has 0 aromatic carbocycles. The zero-order valence-electron chi connectivity index (χ0n) is 6.91. The van der Waals surface area contributed by atoms with E-state index in [4.69, 9.17) is 10.5 Å². The van der Waals surface area contributed by atoms with E-state index in [2.05, 4.69) is 0 Å². The Morgan fingerprint density at radius 3 is 2.45 bits per heavy atom. The lowest BCUT2D eigenvalue weighted by atomic mass is 10.3.